The quantitative estimate of drug-likeness (QED) is 0.116. The van der Waals surface area contributed by atoms with Crippen molar-refractivity contribution in [3.63, 3.8) is 0 Å². The van der Waals surface area contributed by atoms with E-state index < -0.39 is 17.6 Å². The van der Waals surface area contributed by atoms with Crippen molar-refractivity contribution in [1.29, 1.82) is 0 Å². The Morgan fingerprint density at radius 3 is 2.52 bits per heavy atom. The molecule has 3 aromatic carbocycles. The third-order valence-electron chi connectivity index (χ3n) is 14.2. The molecule has 308 valence electrons. The van der Waals surface area contributed by atoms with Crippen LogP contribution in [0.2, 0.25) is 5.02 Å². The summed E-state index contributed by atoms with van der Waals surface area (Å²) in [6.45, 7) is 10.8. The summed E-state index contributed by atoms with van der Waals surface area (Å²) < 4.78 is 6.62. The second-order valence-corrected chi connectivity index (χ2v) is 18.4. The molecular weight excluding hydrogens is 744 g/mol. The zero-order chi connectivity index (χ0) is 40.3. The lowest BCUT2D eigenvalue weighted by Gasteiger charge is -2.47. The number of aromatic nitrogens is 1. The number of aliphatic hydroxyl groups is 1. The second-order valence-electron chi connectivity index (χ2n) is 18.0. The molecule has 0 radical (unpaired) electrons. The lowest BCUT2D eigenvalue weighted by Crippen LogP contribution is -2.53. The first-order valence-corrected chi connectivity index (χ1v) is 22.2. The number of fused-ring (bicyclic) bond motifs is 3. The van der Waals surface area contributed by atoms with Gasteiger partial charge in [-0.2, -0.15) is 0 Å². The Balaban J connectivity index is 0.981. The summed E-state index contributed by atoms with van der Waals surface area (Å²) >= 11 is 6.33. The summed E-state index contributed by atoms with van der Waals surface area (Å²) in [5.41, 5.74) is 6.91. The predicted molar refractivity (Wildman–Crippen MR) is 232 cm³/mol. The molecule has 2 fully saturated rings. The fourth-order valence-corrected chi connectivity index (χ4v) is 11.0. The normalized spacial score (nSPS) is 25.8. The molecule has 8 nitrogen and oxygen atoms in total. The van der Waals surface area contributed by atoms with Crippen molar-refractivity contribution in [2.45, 2.75) is 101 Å². The number of halogens is 1. The Labute approximate surface area is 350 Å². The van der Waals surface area contributed by atoms with Gasteiger partial charge in [-0.1, -0.05) is 80.0 Å². The zero-order valence-electron chi connectivity index (χ0n) is 34.3. The number of carboxylic acid groups (broad SMARTS) is 1. The SMILES string of the molecule is C[C@@H](COc1ccnc2c1[C@H](C)CCC2)C[C@H]1Cc2ccc([C@@H](O)CN3CCN(CCc4ccccc4)CC3)cc2C12CCC(Nc1cccc(Cl)c1)(C(=O)O)CC2. The molecule has 1 saturated heterocycles. The smallest absolute Gasteiger partial charge is 0.329 e. The Hall–Kier alpha value is -3.95. The molecule has 0 unspecified atom stereocenters. The summed E-state index contributed by atoms with van der Waals surface area (Å²) in [5.74, 6) is 1.24. The number of piperazine rings is 1. The molecule has 0 amide bonds. The van der Waals surface area contributed by atoms with Crippen LogP contribution in [0.3, 0.4) is 0 Å². The van der Waals surface area contributed by atoms with E-state index in [1.807, 2.05) is 36.5 Å². The minimum absolute atomic E-state index is 0.191. The van der Waals surface area contributed by atoms with E-state index in [2.05, 4.69) is 77.5 Å². The van der Waals surface area contributed by atoms with Crippen LogP contribution in [-0.2, 0) is 29.5 Å². The average molecular weight is 806 g/mol. The van der Waals surface area contributed by atoms with Crippen LogP contribution >= 0.6 is 11.6 Å². The molecule has 3 N–H and O–H groups in total. The summed E-state index contributed by atoms with van der Waals surface area (Å²) in [6.07, 6.45) is 10.1. The van der Waals surface area contributed by atoms with E-state index in [0.29, 0.717) is 48.8 Å². The van der Waals surface area contributed by atoms with Gasteiger partial charge in [0.1, 0.15) is 11.3 Å². The lowest BCUT2D eigenvalue weighted by molar-refractivity contribution is -0.144. The summed E-state index contributed by atoms with van der Waals surface area (Å²) in [7, 11) is 0. The highest BCUT2D eigenvalue weighted by atomic mass is 35.5. The highest BCUT2D eigenvalue weighted by Crippen LogP contribution is 2.56. The number of ether oxygens (including phenoxy) is 1. The molecule has 1 aliphatic heterocycles. The van der Waals surface area contributed by atoms with Gasteiger partial charge in [0.25, 0.3) is 0 Å². The van der Waals surface area contributed by atoms with Crippen molar-refractivity contribution < 1.29 is 19.7 Å². The van der Waals surface area contributed by atoms with E-state index >= 15 is 0 Å². The highest BCUT2D eigenvalue weighted by molar-refractivity contribution is 6.30. The number of carbonyl (C=O) groups is 1. The molecule has 1 saturated carbocycles. The first-order valence-electron chi connectivity index (χ1n) is 21.8. The highest BCUT2D eigenvalue weighted by Gasteiger charge is 2.54. The molecule has 3 aliphatic carbocycles. The van der Waals surface area contributed by atoms with Crippen molar-refractivity contribution in [2.75, 3.05) is 51.2 Å². The number of aryl methyl sites for hydroxylation is 1. The van der Waals surface area contributed by atoms with Crippen LogP contribution in [0.1, 0.15) is 104 Å². The van der Waals surface area contributed by atoms with Gasteiger partial charge >= 0.3 is 5.97 Å². The van der Waals surface area contributed by atoms with Crippen molar-refractivity contribution in [2.24, 2.45) is 11.8 Å². The fourth-order valence-electron chi connectivity index (χ4n) is 10.8. The molecule has 4 aliphatic rings. The first kappa shape index (κ1) is 40.8. The number of pyridine rings is 1. The predicted octanol–water partition coefficient (Wildman–Crippen LogP) is 9.09. The maximum absolute atomic E-state index is 13.1. The van der Waals surface area contributed by atoms with E-state index in [1.165, 1.54) is 40.8 Å². The van der Waals surface area contributed by atoms with Gasteiger partial charge in [-0.3, -0.25) is 9.88 Å². The van der Waals surface area contributed by atoms with Gasteiger partial charge in [0, 0.05) is 67.4 Å². The standard InChI is InChI=1S/C49H61ClN4O4/c1-34(33-58-45-16-22-51-43-13-6-8-35(2)46(43)45)28-39-29-37-14-15-38(44(55)32-54-26-24-53(25-27-54)23-17-36-9-4-3-5-10-36)30-42(37)48(39)18-20-49(21-19-48,47(56)57)52-41-12-7-11-40(50)31-41/h3-5,7,9-12,14-16,22,30-31,34-35,39,44,52,55H,6,8,13,17-21,23-29,32-33H2,1-2H3,(H,56,57)/t34-,35-,39+,44+,48?,49?/m1/s1. The Kier molecular flexibility index (Phi) is 12.5. The molecule has 8 rings (SSSR count). The number of nitrogens with one attached hydrogen (secondary N) is 1. The monoisotopic (exact) mass is 804 g/mol. The average Bonchev–Trinajstić information content (AvgIpc) is 3.52. The van der Waals surface area contributed by atoms with E-state index in [1.54, 1.807) is 0 Å². The van der Waals surface area contributed by atoms with Gasteiger partial charge < -0.3 is 25.2 Å². The second kappa shape index (κ2) is 17.7. The summed E-state index contributed by atoms with van der Waals surface area (Å²) in [6, 6.07) is 26.8. The molecule has 2 heterocycles. The number of aliphatic hydroxyl groups excluding tert-OH is 1. The van der Waals surface area contributed by atoms with Gasteiger partial charge in [-0.15, -0.1) is 0 Å². The Bertz CT molecular complexity index is 2030. The van der Waals surface area contributed by atoms with Gasteiger partial charge in [0.05, 0.1) is 12.7 Å². The number of nitrogens with zero attached hydrogens (tertiary/aromatic N) is 3. The van der Waals surface area contributed by atoms with Crippen LogP contribution in [-0.4, -0.2) is 82.4 Å². The molecule has 0 bridgehead atoms. The zero-order valence-corrected chi connectivity index (χ0v) is 35.1. The van der Waals surface area contributed by atoms with Crippen LogP contribution in [0, 0.1) is 11.8 Å². The van der Waals surface area contributed by atoms with Gasteiger partial charge in [-0.25, -0.2) is 4.79 Å². The maximum atomic E-state index is 13.1. The molecule has 1 aromatic heterocycles. The summed E-state index contributed by atoms with van der Waals surface area (Å²) in [5, 5.41) is 26.5. The van der Waals surface area contributed by atoms with Crippen LogP contribution in [0.25, 0.3) is 0 Å². The lowest BCUT2D eigenvalue weighted by atomic mass is 9.59. The third kappa shape index (κ3) is 8.81. The van der Waals surface area contributed by atoms with E-state index in [-0.39, 0.29) is 5.41 Å². The van der Waals surface area contributed by atoms with Gasteiger partial charge in [-0.05, 0) is 134 Å². The number of hydrogen-bond acceptors (Lipinski definition) is 7. The van der Waals surface area contributed by atoms with Crippen molar-refractivity contribution in [3.05, 3.63) is 124 Å². The van der Waals surface area contributed by atoms with Crippen LogP contribution in [0.5, 0.6) is 5.75 Å². The minimum Gasteiger partial charge on any atom is -0.493 e. The van der Waals surface area contributed by atoms with E-state index in [9.17, 15) is 15.0 Å². The molecule has 4 atom stereocenters. The topological polar surface area (TPSA) is 98.2 Å². The fraction of sp³-hybridized carbons (Fsp3) is 0.510. The number of carboxylic acids is 1. The number of aliphatic carboxylic acids is 1. The summed E-state index contributed by atoms with van der Waals surface area (Å²) in [4.78, 5) is 22.7. The minimum atomic E-state index is -1.09. The Morgan fingerprint density at radius 2 is 1.76 bits per heavy atom. The molecular formula is C49H61ClN4O4. The largest absolute Gasteiger partial charge is 0.493 e. The molecule has 9 heteroatoms. The first-order chi connectivity index (χ1) is 28.1. The molecule has 1 spiro atoms. The van der Waals surface area contributed by atoms with Crippen LogP contribution < -0.4 is 10.1 Å². The Morgan fingerprint density at radius 1 is 0.983 bits per heavy atom. The van der Waals surface area contributed by atoms with Gasteiger partial charge in [0.15, 0.2) is 0 Å². The third-order valence-corrected chi connectivity index (χ3v) is 14.4. The van der Waals surface area contributed by atoms with Crippen molar-refractivity contribution in [3.8, 4) is 5.75 Å². The van der Waals surface area contributed by atoms with E-state index in [4.69, 9.17) is 21.3 Å². The van der Waals surface area contributed by atoms with Crippen LogP contribution in [0.15, 0.2) is 85.1 Å². The van der Waals surface area contributed by atoms with Gasteiger partial charge in [0.2, 0.25) is 0 Å². The number of β-amino-alcohol motifs (C(OH)–C–C–N with tert-alkyl or cyclic N) is 1. The number of benzene rings is 3. The maximum Gasteiger partial charge on any atom is 0.329 e. The van der Waals surface area contributed by atoms with E-state index in [0.717, 1.165) is 88.2 Å². The van der Waals surface area contributed by atoms with Crippen molar-refractivity contribution in [1.82, 2.24) is 14.8 Å². The van der Waals surface area contributed by atoms with Crippen LogP contribution in [0.4, 0.5) is 5.69 Å². The number of rotatable bonds is 14. The number of hydrogen-bond donors (Lipinski definition) is 3. The number of anilines is 1. The molecule has 58 heavy (non-hydrogen) atoms. The molecule has 4 aromatic rings. The van der Waals surface area contributed by atoms with Crippen molar-refractivity contribution >= 4 is 23.3 Å².